The summed E-state index contributed by atoms with van der Waals surface area (Å²) in [5.74, 6) is 4.68. The van der Waals surface area contributed by atoms with Gasteiger partial charge in [0.2, 0.25) is 0 Å². The van der Waals surface area contributed by atoms with Gasteiger partial charge in [0.1, 0.15) is 17.8 Å². The van der Waals surface area contributed by atoms with Gasteiger partial charge in [0.25, 0.3) is 0 Å². The molecule has 0 fully saturated rings. The first-order valence-corrected chi connectivity index (χ1v) is 10.8. The number of benzene rings is 2. The average Bonchev–Trinajstić information content (AvgIpc) is 2.65. The van der Waals surface area contributed by atoms with Gasteiger partial charge in [-0.05, 0) is 113 Å². The Balaban J connectivity index is 0.000000316. The van der Waals surface area contributed by atoms with E-state index in [1.54, 1.807) is 36.4 Å². The minimum atomic E-state index is -0.494. The molecule has 0 saturated heterocycles. The summed E-state index contributed by atoms with van der Waals surface area (Å²) >= 11 is 2.20. The van der Waals surface area contributed by atoms with E-state index in [0.717, 1.165) is 9.13 Å². The number of hydrogen-bond acceptors (Lipinski definition) is 5. The number of halogens is 1. The Morgan fingerprint density at radius 1 is 0.806 bits per heavy atom. The molecular formula is C25H29IO5. The number of rotatable bonds is 2. The van der Waals surface area contributed by atoms with Gasteiger partial charge in [-0.3, -0.25) is 0 Å². The van der Waals surface area contributed by atoms with E-state index in [0.29, 0.717) is 11.1 Å². The van der Waals surface area contributed by atoms with Crippen molar-refractivity contribution >= 4 is 34.5 Å². The van der Waals surface area contributed by atoms with Crippen molar-refractivity contribution in [1.82, 2.24) is 0 Å². The fourth-order valence-corrected chi connectivity index (χ4v) is 2.45. The third-order valence-corrected chi connectivity index (χ3v) is 4.03. The lowest BCUT2D eigenvalue weighted by Crippen LogP contribution is -2.23. The van der Waals surface area contributed by atoms with E-state index in [1.807, 2.05) is 53.7 Å². The predicted octanol–water partition coefficient (Wildman–Crippen LogP) is 5.23. The minimum Gasteiger partial charge on any atom is -0.456 e. The van der Waals surface area contributed by atoms with Crippen LogP contribution in [0.25, 0.3) is 0 Å². The quantitative estimate of drug-likeness (QED) is 0.323. The Morgan fingerprint density at radius 3 is 1.55 bits per heavy atom. The second-order valence-electron chi connectivity index (χ2n) is 8.55. The Kier molecular flexibility index (Phi) is 10.2. The third-order valence-electron chi connectivity index (χ3n) is 3.31. The lowest BCUT2D eigenvalue weighted by molar-refractivity contribution is 0.00570. The number of hydrogen-bond donors (Lipinski definition) is 1. The molecule has 1 N–H and O–H groups in total. The minimum absolute atomic E-state index is 0.173. The van der Waals surface area contributed by atoms with Crippen LogP contribution in [-0.4, -0.2) is 34.9 Å². The van der Waals surface area contributed by atoms with Crippen LogP contribution in [0.4, 0.5) is 0 Å². The summed E-state index contributed by atoms with van der Waals surface area (Å²) < 4.78 is 11.6. The molecule has 2 rings (SSSR count). The summed E-state index contributed by atoms with van der Waals surface area (Å²) in [5, 5.41) is 8.55. The number of aliphatic hydroxyl groups is 1. The van der Waals surface area contributed by atoms with Gasteiger partial charge < -0.3 is 14.6 Å². The molecule has 5 nitrogen and oxygen atoms in total. The van der Waals surface area contributed by atoms with Crippen molar-refractivity contribution in [2.45, 2.75) is 52.7 Å². The van der Waals surface area contributed by atoms with Crippen LogP contribution in [0.1, 0.15) is 67.8 Å². The highest BCUT2D eigenvalue weighted by Gasteiger charge is 2.18. The molecule has 0 heterocycles. The van der Waals surface area contributed by atoms with Crippen molar-refractivity contribution in [1.29, 1.82) is 0 Å². The fourth-order valence-electron chi connectivity index (χ4n) is 2.09. The van der Waals surface area contributed by atoms with Crippen molar-refractivity contribution in [3.63, 3.8) is 0 Å². The van der Waals surface area contributed by atoms with E-state index in [9.17, 15) is 9.59 Å². The third kappa shape index (κ3) is 11.6. The van der Waals surface area contributed by atoms with E-state index in [4.69, 9.17) is 14.6 Å². The van der Waals surface area contributed by atoms with Crippen molar-refractivity contribution in [3.8, 4) is 11.8 Å². The van der Waals surface area contributed by atoms with Crippen LogP contribution in [0.2, 0.25) is 0 Å². The summed E-state index contributed by atoms with van der Waals surface area (Å²) in [5.41, 5.74) is 0.924. The molecule has 0 unspecified atom stereocenters. The fraction of sp³-hybridized carbons (Fsp3) is 0.360. The smallest absolute Gasteiger partial charge is 0.338 e. The molecule has 2 aromatic rings. The van der Waals surface area contributed by atoms with E-state index in [2.05, 4.69) is 34.4 Å². The molecule has 0 amide bonds. The maximum Gasteiger partial charge on any atom is 0.338 e. The Morgan fingerprint density at radius 2 is 1.19 bits per heavy atom. The van der Waals surface area contributed by atoms with Gasteiger partial charge in [-0.25, -0.2) is 9.59 Å². The molecule has 31 heavy (non-hydrogen) atoms. The number of aliphatic hydroxyl groups excluding tert-OH is 1. The van der Waals surface area contributed by atoms with Crippen LogP contribution in [0.3, 0.4) is 0 Å². The van der Waals surface area contributed by atoms with E-state index in [1.165, 1.54) is 0 Å². The second-order valence-corrected chi connectivity index (χ2v) is 9.79. The molecule has 0 aliphatic heterocycles. The van der Waals surface area contributed by atoms with Gasteiger partial charge in [-0.2, -0.15) is 0 Å². The van der Waals surface area contributed by atoms with Gasteiger partial charge in [-0.1, -0.05) is 11.8 Å². The second kappa shape index (κ2) is 11.9. The average molecular weight is 536 g/mol. The Labute approximate surface area is 198 Å². The SMILES string of the molecule is CC(C)(C)OC(=O)c1ccc(C#CCO)cc1.CC(C)(C)OC(=O)c1ccc(I)cc1. The number of carbonyl (C=O) groups excluding carboxylic acids is 2. The van der Waals surface area contributed by atoms with Crippen LogP contribution >= 0.6 is 22.6 Å². The van der Waals surface area contributed by atoms with Gasteiger partial charge in [0, 0.05) is 9.13 Å². The molecule has 0 bridgehead atoms. The molecular weight excluding hydrogens is 507 g/mol. The number of ether oxygens (including phenoxy) is 2. The molecule has 0 aliphatic carbocycles. The number of esters is 2. The highest BCUT2D eigenvalue weighted by atomic mass is 127. The standard InChI is InChI=1S/C14H16O3.C11H13IO2/c1-14(2,3)17-13(16)12-8-6-11(7-9-12)5-4-10-15;1-11(2,3)14-10(13)8-4-6-9(12)7-5-8/h6-9,15H,10H2,1-3H3;4-7H,1-3H3. The molecule has 0 spiro atoms. The molecule has 6 heteroatoms. The van der Waals surface area contributed by atoms with Crippen LogP contribution in [-0.2, 0) is 9.47 Å². The van der Waals surface area contributed by atoms with Crippen molar-refractivity contribution in [2.75, 3.05) is 6.61 Å². The molecule has 2 aromatic carbocycles. The molecule has 0 atom stereocenters. The Hall–Kier alpha value is -2.37. The largest absolute Gasteiger partial charge is 0.456 e. The van der Waals surface area contributed by atoms with E-state index in [-0.39, 0.29) is 18.5 Å². The van der Waals surface area contributed by atoms with Gasteiger partial charge in [0.15, 0.2) is 0 Å². The molecule has 0 aromatic heterocycles. The predicted molar refractivity (Wildman–Crippen MR) is 130 cm³/mol. The topological polar surface area (TPSA) is 72.8 Å². The lowest BCUT2D eigenvalue weighted by Gasteiger charge is -2.19. The lowest BCUT2D eigenvalue weighted by atomic mass is 10.1. The van der Waals surface area contributed by atoms with Crippen molar-refractivity contribution in [2.24, 2.45) is 0 Å². The first kappa shape index (κ1) is 26.7. The molecule has 0 saturated carbocycles. The van der Waals surface area contributed by atoms with E-state index < -0.39 is 11.2 Å². The first-order valence-electron chi connectivity index (χ1n) is 9.73. The normalized spacial score (nSPS) is 10.7. The van der Waals surface area contributed by atoms with E-state index >= 15 is 0 Å². The van der Waals surface area contributed by atoms with Crippen molar-refractivity contribution in [3.05, 3.63) is 68.8 Å². The summed E-state index contributed by atoms with van der Waals surface area (Å²) in [7, 11) is 0. The Bertz CT molecular complexity index is 922. The maximum atomic E-state index is 11.7. The van der Waals surface area contributed by atoms with Crippen LogP contribution in [0.5, 0.6) is 0 Å². The first-order chi connectivity index (χ1) is 14.3. The zero-order chi connectivity index (χ0) is 23.7. The summed E-state index contributed by atoms with van der Waals surface area (Å²) in [4.78, 5) is 23.2. The van der Waals surface area contributed by atoms with Crippen LogP contribution in [0.15, 0.2) is 48.5 Å². The molecule has 166 valence electrons. The summed E-state index contributed by atoms with van der Waals surface area (Å²) in [6, 6.07) is 14.1. The number of carbonyl (C=O) groups is 2. The monoisotopic (exact) mass is 536 g/mol. The maximum absolute atomic E-state index is 11.7. The highest BCUT2D eigenvalue weighted by Crippen LogP contribution is 2.14. The van der Waals surface area contributed by atoms with Gasteiger partial charge >= 0.3 is 11.9 Å². The zero-order valence-corrected chi connectivity index (χ0v) is 20.9. The van der Waals surface area contributed by atoms with Gasteiger partial charge in [0.05, 0.1) is 11.1 Å². The highest BCUT2D eigenvalue weighted by molar-refractivity contribution is 14.1. The van der Waals surface area contributed by atoms with Crippen LogP contribution in [0, 0.1) is 15.4 Å². The zero-order valence-electron chi connectivity index (χ0n) is 18.8. The van der Waals surface area contributed by atoms with Gasteiger partial charge in [-0.15, -0.1) is 0 Å². The van der Waals surface area contributed by atoms with Crippen molar-refractivity contribution < 1.29 is 24.2 Å². The molecule has 0 aliphatic rings. The molecule has 0 radical (unpaired) electrons. The summed E-state index contributed by atoms with van der Waals surface area (Å²) in [6.45, 7) is 10.9. The summed E-state index contributed by atoms with van der Waals surface area (Å²) in [6.07, 6.45) is 0. The van der Waals surface area contributed by atoms with Crippen LogP contribution < -0.4 is 0 Å².